The predicted octanol–water partition coefficient (Wildman–Crippen LogP) is 1.98. The Hall–Kier alpha value is -3.41. The molecular weight excluding hydrogens is 312 g/mol. The molecule has 24 heavy (non-hydrogen) atoms. The minimum absolute atomic E-state index is 0.0615. The molecule has 0 saturated heterocycles. The Morgan fingerprint density at radius 3 is 1.83 bits per heavy atom. The third-order valence-electron chi connectivity index (χ3n) is 3.90. The van der Waals surface area contributed by atoms with E-state index in [4.69, 9.17) is 5.11 Å². The number of aliphatic carboxylic acids is 1. The van der Waals surface area contributed by atoms with Crippen LogP contribution >= 0.6 is 0 Å². The van der Waals surface area contributed by atoms with Gasteiger partial charge >= 0.3 is 5.97 Å². The van der Waals surface area contributed by atoms with Gasteiger partial charge in [-0.1, -0.05) is 24.3 Å². The fourth-order valence-electron chi connectivity index (χ4n) is 2.94. The van der Waals surface area contributed by atoms with Crippen LogP contribution in [0.25, 0.3) is 0 Å². The minimum Gasteiger partial charge on any atom is -0.507 e. The highest BCUT2D eigenvalue weighted by Gasteiger charge is 2.37. The number of rotatable bonds is 3. The molecule has 0 bridgehead atoms. The van der Waals surface area contributed by atoms with Crippen LogP contribution < -0.4 is 0 Å². The molecule has 0 aromatic heterocycles. The molecule has 1 aliphatic carbocycles. The largest absolute Gasteiger partial charge is 0.507 e. The lowest BCUT2D eigenvalue weighted by molar-refractivity contribution is -0.131. The molecule has 0 saturated carbocycles. The van der Waals surface area contributed by atoms with Gasteiger partial charge in [-0.3, -0.25) is 9.59 Å². The summed E-state index contributed by atoms with van der Waals surface area (Å²) in [6.45, 7) is 0. The highest BCUT2D eigenvalue weighted by atomic mass is 16.4. The molecule has 2 aromatic carbocycles. The number of allylic oxidation sites excluding steroid dienone is 1. The molecule has 0 fully saturated rings. The zero-order valence-corrected chi connectivity index (χ0v) is 12.3. The molecule has 6 nitrogen and oxygen atoms in total. The van der Waals surface area contributed by atoms with Crippen LogP contribution in [0.15, 0.2) is 48.6 Å². The maximum atomic E-state index is 12.6. The Balaban J connectivity index is 2.27. The molecule has 0 amide bonds. The number of benzene rings is 2. The third kappa shape index (κ3) is 2.34. The number of phenols is 2. The van der Waals surface area contributed by atoms with Crippen molar-refractivity contribution in [2.24, 2.45) is 0 Å². The van der Waals surface area contributed by atoms with Crippen molar-refractivity contribution in [1.82, 2.24) is 0 Å². The van der Waals surface area contributed by atoms with E-state index in [-0.39, 0.29) is 33.8 Å². The number of ketones is 2. The number of hydrogen-bond acceptors (Lipinski definition) is 5. The number of carbonyl (C=O) groups is 3. The van der Waals surface area contributed by atoms with E-state index in [0.717, 1.165) is 6.08 Å². The zero-order chi connectivity index (χ0) is 17.4. The Bertz CT molecular complexity index is 854. The Morgan fingerprint density at radius 1 is 0.875 bits per heavy atom. The van der Waals surface area contributed by atoms with Gasteiger partial charge in [0.1, 0.15) is 11.5 Å². The first-order chi connectivity index (χ1) is 11.4. The highest BCUT2D eigenvalue weighted by molar-refractivity contribution is 6.19. The Morgan fingerprint density at radius 2 is 1.38 bits per heavy atom. The molecule has 0 radical (unpaired) electrons. The van der Waals surface area contributed by atoms with Crippen molar-refractivity contribution in [3.63, 3.8) is 0 Å². The maximum absolute atomic E-state index is 12.6. The van der Waals surface area contributed by atoms with E-state index in [9.17, 15) is 24.6 Å². The Kier molecular flexibility index (Phi) is 3.65. The van der Waals surface area contributed by atoms with Crippen molar-refractivity contribution in [1.29, 1.82) is 0 Å². The minimum atomic E-state index is -1.28. The van der Waals surface area contributed by atoms with Crippen LogP contribution in [0.2, 0.25) is 0 Å². The number of carboxylic acids is 1. The quantitative estimate of drug-likeness (QED) is 0.744. The van der Waals surface area contributed by atoms with E-state index in [1.807, 2.05) is 0 Å². The van der Waals surface area contributed by atoms with Crippen LogP contribution in [0.1, 0.15) is 33.0 Å². The normalized spacial score (nSPS) is 13.6. The van der Waals surface area contributed by atoms with Gasteiger partial charge in [-0.2, -0.15) is 0 Å². The summed E-state index contributed by atoms with van der Waals surface area (Å²) in [7, 11) is 0. The molecule has 1 aliphatic rings. The number of hydrogen-bond donors (Lipinski definition) is 3. The van der Waals surface area contributed by atoms with Crippen LogP contribution in [0.5, 0.6) is 11.5 Å². The molecule has 0 heterocycles. The van der Waals surface area contributed by atoms with Gasteiger partial charge < -0.3 is 15.3 Å². The second kappa shape index (κ2) is 5.66. The molecule has 0 spiro atoms. The SMILES string of the molecule is O=C(O)/C=C/C(=O)C1c2cccc(O)c2C(=O)c2c(O)cccc21. The van der Waals surface area contributed by atoms with Crippen molar-refractivity contribution in [2.45, 2.75) is 5.92 Å². The van der Waals surface area contributed by atoms with E-state index in [1.54, 1.807) is 0 Å². The highest BCUT2D eigenvalue weighted by Crippen LogP contribution is 2.43. The molecule has 6 heteroatoms. The lowest BCUT2D eigenvalue weighted by Gasteiger charge is -2.26. The van der Waals surface area contributed by atoms with E-state index in [0.29, 0.717) is 6.08 Å². The summed E-state index contributed by atoms with van der Waals surface area (Å²) in [5, 5.41) is 28.8. The molecule has 0 aliphatic heterocycles. The average molecular weight is 324 g/mol. The van der Waals surface area contributed by atoms with Crippen LogP contribution in [-0.4, -0.2) is 32.9 Å². The molecule has 2 aromatic rings. The van der Waals surface area contributed by atoms with Crippen molar-refractivity contribution in [2.75, 3.05) is 0 Å². The fraction of sp³-hybridized carbons (Fsp3) is 0.0556. The third-order valence-corrected chi connectivity index (χ3v) is 3.90. The van der Waals surface area contributed by atoms with E-state index >= 15 is 0 Å². The van der Waals surface area contributed by atoms with Crippen molar-refractivity contribution < 1.29 is 29.7 Å². The Labute approximate surface area is 136 Å². The lowest BCUT2D eigenvalue weighted by atomic mass is 9.75. The number of carbonyl (C=O) groups excluding carboxylic acids is 2. The van der Waals surface area contributed by atoms with Crippen LogP contribution in [0.4, 0.5) is 0 Å². The van der Waals surface area contributed by atoms with Gasteiger partial charge in [-0.25, -0.2) is 4.79 Å². The average Bonchev–Trinajstić information content (AvgIpc) is 2.53. The van der Waals surface area contributed by atoms with E-state index < -0.39 is 23.5 Å². The summed E-state index contributed by atoms with van der Waals surface area (Å²) in [4.78, 5) is 35.8. The molecular formula is C18H12O6. The van der Waals surface area contributed by atoms with Gasteiger partial charge in [0.15, 0.2) is 5.78 Å². The number of fused-ring (bicyclic) bond motifs is 2. The monoisotopic (exact) mass is 324 g/mol. The number of phenolic OH excluding ortho intramolecular Hbond substituents is 2. The van der Waals surface area contributed by atoms with Crippen molar-refractivity contribution >= 4 is 17.5 Å². The summed E-state index contributed by atoms with van der Waals surface area (Å²) in [5.74, 6) is -4.01. The first-order valence-electron chi connectivity index (χ1n) is 7.05. The van der Waals surface area contributed by atoms with Crippen molar-refractivity contribution in [3.8, 4) is 11.5 Å². The summed E-state index contributed by atoms with van der Waals surface area (Å²) >= 11 is 0. The zero-order valence-electron chi connectivity index (χ0n) is 12.3. The molecule has 0 unspecified atom stereocenters. The second-order valence-electron chi connectivity index (χ2n) is 5.32. The first-order valence-corrected chi connectivity index (χ1v) is 7.05. The summed E-state index contributed by atoms with van der Waals surface area (Å²) in [5.41, 5.74) is 0.429. The molecule has 120 valence electrons. The standard InChI is InChI=1S/C18H12O6/c19-11-5-1-3-9-15(13(21)7-8-14(22)23)10-4-2-6-12(20)17(10)18(24)16(9)11/h1-8,15,19-20H,(H,22,23)/b8-7+. The van der Waals surface area contributed by atoms with Gasteiger partial charge in [0.2, 0.25) is 5.78 Å². The molecule has 0 atom stereocenters. The smallest absolute Gasteiger partial charge is 0.328 e. The van der Waals surface area contributed by atoms with Crippen LogP contribution in [0.3, 0.4) is 0 Å². The summed E-state index contributed by atoms with van der Waals surface area (Å²) in [6, 6.07) is 8.67. The molecule has 3 rings (SSSR count). The van der Waals surface area contributed by atoms with Gasteiger partial charge in [-0.15, -0.1) is 0 Å². The van der Waals surface area contributed by atoms with Crippen LogP contribution in [-0.2, 0) is 9.59 Å². The van der Waals surface area contributed by atoms with Crippen molar-refractivity contribution in [3.05, 3.63) is 70.8 Å². The fourth-order valence-corrected chi connectivity index (χ4v) is 2.94. The number of carboxylic acid groups (broad SMARTS) is 1. The maximum Gasteiger partial charge on any atom is 0.328 e. The van der Waals surface area contributed by atoms with Crippen LogP contribution in [0, 0.1) is 0 Å². The first kappa shape index (κ1) is 15.5. The van der Waals surface area contributed by atoms with Gasteiger partial charge in [0.25, 0.3) is 0 Å². The van der Waals surface area contributed by atoms with E-state index in [2.05, 4.69) is 0 Å². The topological polar surface area (TPSA) is 112 Å². The van der Waals surface area contributed by atoms with Gasteiger partial charge in [-0.05, 0) is 29.3 Å². The summed E-state index contributed by atoms with van der Waals surface area (Å²) < 4.78 is 0. The summed E-state index contributed by atoms with van der Waals surface area (Å²) in [6.07, 6.45) is 1.62. The number of aromatic hydroxyl groups is 2. The van der Waals surface area contributed by atoms with Gasteiger partial charge in [0.05, 0.1) is 17.0 Å². The van der Waals surface area contributed by atoms with Gasteiger partial charge in [0, 0.05) is 6.08 Å². The molecule has 3 N–H and O–H groups in total. The lowest BCUT2D eigenvalue weighted by Crippen LogP contribution is -2.24. The predicted molar refractivity (Wildman–Crippen MR) is 83.3 cm³/mol. The second-order valence-corrected chi connectivity index (χ2v) is 5.32. The van der Waals surface area contributed by atoms with E-state index in [1.165, 1.54) is 36.4 Å².